The van der Waals surface area contributed by atoms with Crippen LogP contribution >= 0.6 is 0 Å². The highest BCUT2D eigenvalue weighted by Crippen LogP contribution is 2.31. The molecule has 0 aliphatic carbocycles. The third kappa shape index (κ3) is 5.40. The Labute approximate surface area is 153 Å². The molecule has 0 spiro atoms. The number of carbonyl (C=O) groups excluding carboxylic acids is 2. The van der Waals surface area contributed by atoms with Gasteiger partial charge in [0.1, 0.15) is 5.76 Å². The van der Waals surface area contributed by atoms with E-state index in [4.69, 9.17) is 9.15 Å². The maximum absolute atomic E-state index is 12.0. The van der Waals surface area contributed by atoms with Gasteiger partial charge in [-0.15, -0.1) is 0 Å². The SMILES string of the molecule is CCOc1cccc2cc(C(C)NC(=O)NCCC(=O)NC(C)C)oc12. The van der Waals surface area contributed by atoms with Gasteiger partial charge >= 0.3 is 6.03 Å². The normalized spacial score (nSPS) is 12.0. The molecule has 1 aromatic heterocycles. The van der Waals surface area contributed by atoms with Crippen LogP contribution in [0.2, 0.25) is 0 Å². The van der Waals surface area contributed by atoms with Crippen molar-refractivity contribution in [3.8, 4) is 5.75 Å². The lowest BCUT2D eigenvalue weighted by atomic mass is 10.2. The van der Waals surface area contributed by atoms with Crippen LogP contribution in [0.3, 0.4) is 0 Å². The summed E-state index contributed by atoms with van der Waals surface area (Å²) in [6.07, 6.45) is 0.238. The topological polar surface area (TPSA) is 92.6 Å². The van der Waals surface area contributed by atoms with Gasteiger partial charge in [0.25, 0.3) is 0 Å². The summed E-state index contributed by atoms with van der Waals surface area (Å²) in [7, 11) is 0. The molecule has 142 valence electrons. The van der Waals surface area contributed by atoms with E-state index in [-0.39, 0.29) is 37.0 Å². The van der Waals surface area contributed by atoms with Gasteiger partial charge < -0.3 is 25.1 Å². The van der Waals surface area contributed by atoms with Crippen molar-refractivity contribution in [3.05, 3.63) is 30.0 Å². The molecule has 1 unspecified atom stereocenters. The zero-order chi connectivity index (χ0) is 19.1. The summed E-state index contributed by atoms with van der Waals surface area (Å²) in [4.78, 5) is 23.5. The van der Waals surface area contributed by atoms with Gasteiger partial charge in [-0.25, -0.2) is 4.79 Å². The maximum atomic E-state index is 12.0. The van der Waals surface area contributed by atoms with Crippen LogP contribution < -0.4 is 20.7 Å². The smallest absolute Gasteiger partial charge is 0.315 e. The third-order valence-corrected chi connectivity index (χ3v) is 3.69. The first-order valence-corrected chi connectivity index (χ1v) is 8.89. The van der Waals surface area contributed by atoms with Gasteiger partial charge in [-0.3, -0.25) is 4.79 Å². The molecular weight excluding hydrogens is 334 g/mol. The Morgan fingerprint density at radius 2 is 1.96 bits per heavy atom. The second-order valence-corrected chi connectivity index (χ2v) is 6.35. The van der Waals surface area contributed by atoms with Crippen molar-refractivity contribution < 1.29 is 18.7 Å². The second-order valence-electron chi connectivity index (χ2n) is 6.35. The van der Waals surface area contributed by atoms with Crippen molar-refractivity contribution in [1.82, 2.24) is 16.0 Å². The van der Waals surface area contributed by atoms with Crippen LogP contribution in [0.4, 0.5) is 4.79 Å². The average Bonchev–Trinajstić information content (AvgIpc) is 2.99. The van der Waals surface area contributed by atoms with Gasteiger partial charge in [-0.2, -0.15) is 0 Å². The van der Waals surface area contributed by atoms with Crippen molar-refractivity contribution >= 4 is 22.9 Å². The summed E-state index contributed by atoms with van der Waals surface area (Å²) in [5, 5.41) is 9.18. The molecule has 0 aliphatic rings. The zero-order valence-corrected chi connectivity index (χ0v) is 15.7. The molecule has 7 heteroatoms. The van der Waals surface area contributed by atoms with E-state index in [0.29, 0.717) is 23.7 Å². The predicted octanol–water partition coefficient (Wildman–Crippen LogP) is 3.11. The lowest BCUT2D eigenvalue weighted by molar-refractivity contribution is -0.121. The van der Waals surface area contributed by atoms with E-state index in [2.05, 4.69) is 16.0 Å². The second kappa shape index (κ2) is 9.12. The van der Waals surface area contributed by atoms with Crippen LogP contribution in [0, 0.1) is 0 Å². The largest absolute Gasteiger partial charge is 0.490 e. The third-order valence-electron chi connectivity index (χ3n) is 3.69. The van der Waals surface area contributed by atoms with Crippen molar-refractivity contribution in [3.63, 3.8) is 0 Å². The van der Waals surface area contributed by atoms with E-state index in [1.54, 1.807) is 0 Å². The van der Waals surface area contributed by atoms with Gasteiger partial charge in [0.05, 0.1) is 12.6 Å². The predicted molar refractivity (Wildman–Crippen MR) is 100 cm³/mol. The van der Waals surface area contributed by atoms with E-state index in [9.17, 15) is 9.59 Å². The fourth-order valence-corrected chi connectivity index (χ4v) is 2.54. The fraction of sp³-hybridized carbons (Fsp3) is 0.474. The summed E-state index contributed by atoms with van der Waals surface area (Å²) in [6.45, 7) is 8.36. The Balaban J connectivity index is 1.90. The Morgan fingerprint density at radius 3 is 2.65 bits per heavy atom. The molecule has 1 atom stereocenters. The number of fused-ring (bicyclic) bond motifs is 1. The van der Waals surface area contributed by atoms with Crippen molar-refractivity contribution in [2.24, 2.45) is 0 Å². The number of rotatable bonds is 8. The monoisotopic (exact) mass is 361 g/mol. The van der Waals surface area contributed by atoms with Gasteiger partial charge in [-0.1, -0.05) is 12.1 Å². The number of nitrogens with one attached hydrogen (secondary N) is 3. The molecule has 3 N–H and O–H groups in total. The minimum absolute atomic E-state index is 0.0888. The highest BCUT2D eigenvalue weighted by atomic mass is 16.5. The number of urea groups is 1. The quantitative estimate of drug-likeness (QED) is 0.673. The molecule has 26 heavy (non-hydrogen) atoms. The van der Waals surface area contributed by atoms with Gasteiger partial charge in [0.15, 0.2) is 11.3 Å². The molecule has 0 aliphatic heterocycles. The van der Waals surface area contributed by atoms with Crippen molar-refractivity contribution in [2.45, 2.75) is 46.2 Å². The van der Waals surface area contributed by atoms with E-state index in [1.807, 2.05) is 52.0 Å². The van der Waals surface area contributed by atoms with E-state index in [1.165, 1.54) is 0 Å². The molecule has 0 saturated heterocycles. The zero-order valence-electron chi connectivity index (χ0n) is 15.7. The van der Waals surface area contributed by atoms with Crippen LogP contribution in [0.25, 0.3) is 11.0 Å². The van der Waals surface area contributed by atoms with Crippen molar-refractivity contribution in [1.29, 1.82) is 0 Å². The first-order chi connectivity index (χ1) is 12.4. The minimum Gasteiger partial charge on any atom is -0.490 e. The highest BCUT2D eigenvalue weighted by molar-refractivity contribution is 5.84. The molecule has 0 fully saturated rings. The lowest BCUT2D eigenvalue weighted by Crippen LogP contribution is -2.39. The summed E-state index contributed by atoms with van der Waals surface area (Å²) < 4.78 is 11.4. The van der Waals surface area contributed by atoms with Gasteiger partial charge in [-0.05, 0) is 39.8 Å². The molecule has 1 heterocycles. The molecule has 0 saturated carbocycles. The first kappa shape index (κ1) is 19.6. The minimum atomic E-state index is -0.347. The van der Waals surface area contributed by atoms with E-state index >= 15 is 0 Å². The number of hydrogen-bond acceptors (Lipinski definition) is 4. The number of furan rings is 1. The number of amides is 3. The Kier molecular flexibility index (Phi) is 6.89. The Hall–Kier alpha value is -2.70. The summed E-state index contributed by atoms with van der Waals surface area (Å²) in [5.74, 6) is 1.23. The molecule has 7 nitrogen and oxygen atoms in total. The number of ether oxygens (including phenoxy) is 1. The molecule has 2 aromatic rings. The van der Waals surface area contributed by atoms with Gasteiger partial charge in [0.2, 0.25) is 5.91 Å². The maximum Gasteiger partial charge on any atom is 0.315 e. The standard InChI is InChI=1S/C19H27N3O4/c1-5-25-15-8-6-7-14-11-16(26-18(14)15)13(4)22-19(24)20-10-9-17(23)21-12(2)3/h6-8,11-13H,5,9-10H2,1-4H3,(H,21,23)(H2,20,22,24). The molecule has 2 rings (SSSR count). The Morgan fingerprint density at radius 1 is 1.19 bits per heavy atom. The number of carbonyl (C=O) groups is 2. The van der Waals surface area contributed by atoms with E-state index < -0.39 is 0 Å². The fourth-order valence-electron chi connectivity index (χ4n) is 2.54. The summed E-state index contributed by atoms with van der Waals surface area (Å²) in [6, 6.07) is 7.00. The number of benzene rings is 1. The van der Waals surface area contributed by atoms with Gasteiger partial charge in [0, 0.05) is 24.4 Å². The van der Waals surface area contributed by atoms with Crippen LogP contribution in [-0.4, -0.2) is 31.1 Å². The summed E-state index contributed by atoms with van der Waals surface area (Å²) in [5.41, 5.74) is 0.670. The van der Waals surface area contributed by atoms with Crippen molar-refractivity contribution in [2.75, 3.05) is 13.2 Å². The van der Waals surface area contributed by atoms with Crippen LogP contribution in [0.1, 0.15) is 45.9 Å². The summed E-state index contributed by atoms with van der Waals surface area (Å²) >= 11 is 0. The highest BCUT2D eigenvalue weighted by Gasteiger charge is 2.16. The molecule has 0 radical (unpaired) electrons. The first-order valence-electron chi connectivity index (χ1n) is 8.89. The van der Waals surface area contributed by atoms with Crippen LogP contribution in [0.5, 0.6) is 5.75 Å². The number of para-hydroxylation sites is 1. The molecular formula is C19H27N3O4. The van der Waals surface area contributed by atoms with Crippen LogP contribution in [0.15, 0.2) is 28.7 Å². The van der Waals surface area contributed by atoms with E-state index in [0.717, 1.165) is 5.39 Å². The Bertz CT molecular complexity index is 754. The molecule has 3 amide bonds. The average molecular weight is 361 g/mol. The van der Waals surface area contributed by atoms with Crippen LogP contribution in [-0.2, 0) is 4.79 Å². The molecule has 1 aromatic carbocycles. The lowest BCUT2D eigenvalue weighted by Gasteiger charge is -2.13. The molecule has 0 bridgehead atoms. The number of hydrogen-bond donors (Lipinski definition) is 3.